The summed E-state index contributed by atoms with van der Waals surface area (Å²) in [6, 6.07) is 8.12. The third kappa shape index (κ3) is 12.8. The minimum atomic E-state index is -0.313. The standard InChI is InChI=1S/C17H19N3O2S.C6H15N.C5H12.ClH/c1-12-16(23-10-19-12)14-6-4-13(5-7-14)9-18-17(22)15-3-2-8-20(15)11-21;1-5(7)6(2,3)4;1-5(2,3)4;/h4-7,10-11,15H,2-3,8-9H2,1H3,(H,18,22);5H,7H2,1-4H3;1-4H3;1H. The lowest BCUT2D eigenvalue weighted by Gasteiger charge is -2.22. The van der Waals surface area contributed by atoms with Gasteiger partial charge in [-0.2, -0.15) is 0 Å². The Labute approximate surface area is 228 Å². The first-order valence-electron chi connectivity index (χ1n) is 12.4. The van der Waals surface area contributed by atoms with Crippen molar-refractivity contribution < 1.29 is 9.59 Å². The lowest BCUT2D eigenvalue weighted by atomic mass is 9.89. The quantitative estimate of drug-likeness (QED) is 0.443. The van der Waals surface area contributed by atoms with E-state index in [9.17, 15) is 9.59 Å². The molecule has 1 aliphatic rings. The number of carbonyl (C=O) groups excluding carboxylic acids is 2. The molecule has 2 atom stereocenters. The largest absolute Gasteiger partial charge is 0.350 e. The smallest absolute Gasteiger partial charge is 0.243 e. The van der Waals surface area contributed by atoms with Crippen molar-refractivity contribution in [3.63, 3.8) is 0 Å². The van der Waals surface area contributed by atoms with Crippen molar-refractivity contribution in [1.82, 2.24) is 15.2 Å². The molecule has 1 fully saturated rings. The molecule has 1 aliphatic heterocycles. The molecule has 6 nitrogen and oxygen atoms in total. The summed E-state index contributed by atoms with van der Waals surface area (Å²) >= 11 is 1.63. The van der Waals surface area contributed by atoms with Gasteiger partial charge in [-0.1, -0.05) is 72.7 Å². The molecule has 0 aliphatic carbocycles. The van der Waals surface area contributed by atoms with Gasteiger partial charge in [-0.15, -0.1) is 23.7 Å². The van der Waals surface area contributed by atoms with Gasteiger partial charge in [0.15, 0.2) is 0 Å². The zero-order valence-corrected chi connectivity index (χ0v) is 25.2. The fourth-order valence-corrected chi connectivity index (χ4v) is 3.67. The number of likely N-dealkylation sites (tertiary alicyclic amines) is 1. The summed E-state index contributed by atoms with van der Waals surface area (Å²) in [5.74, 6) is -0.0722. The van der Waals surface area contributed by atoms with E-state index < -0.39 is 0 Å². The molecule has 2 aromatic rings. The number of rotatable bonds is 5. The van der Waals surface area contributed by atoms with Crippen molar-refractivity contribution in [1.29, 1.82) is 0 Å². The van der Waals surface area contributed by atoms with Gasteiger partial charge < -0.3 is 16.0 Å². The van der Waals surface area contributed by atoms with Gasteiger partial charge in [-0.05, 0) is 48.6 Å². The highest BCUT2D eigenvalue weighted by atomic mass is 35.5. The maximum absolute atomic E-state index is 12.2. The lowest BCUT2D eigenvalue weighted by Crippen LogP contribution is -2.42. The molecule has 8 heteroatoms. The number of aromatic nitrogens is 1. The van der Waals surface area contributed by atoms with Crippen molar-refractivity contribution in [3.05, 3.63) is 41.0 Å². The van der Waals surface area contributed by atoms with Crippen LogP contribution in [0.15, 0.2) is 29.8 Å². The molecule has 2 amide bonds. The van der Waals surface area contributed by atoms with Crippen LogP contribution < -0.4 is 11.1 Å². The van der Waals surface area contributed by atoms with Crippen LogP contribution in [-0.2, 0) is 16.1 Å². The summed E-state index contributed by atoms with van der Waals surface area (Å²) in [6.07, 6.45) is 2.40. The zero-order valence-electron chi connectivity index (χ0n) is 23.6. The molecule has 1 saturated heterocycles. The minimum Gasteiger partial charge on any atom is -0.350 e. The highest BCUT2D eigenvalue weighted by Gasteiger charge is 2.29. The first-order chi connectivity index (χ1) is 16.1. The Morgan fingerprint density at radius 1 is 1.19 bits per heavy atom. The topological polar surface area (TPSA) is 88.3 Å². The summed E-state index contributed by atoms with van der Waals surface area (Å²) in [6.45, 7) is 20.3. The summed E-state index contributed by atoms with van der Waals surface area (Å²) < 4.78 is 0. The molecular weight excluding hydrogens is 492 g/mol. The van der Waals surface area contributed by atoms with E-state index in [1.165, 1.54) is 4.88 Å². The number of nitrogens with two attached hydrogens (primary N) is 1. The number of aryl methyl sites for hydroxylation is 1. The second-order valence-electron chi connectivity index (χ2n) is 11.8. The molecule has 1 aromatic heterocycles. The Morgan fingerprint density at radius 3 is 2.14 bits per heavy atom. The molecule has 2 heterocycles. The van der Waals surface area contributed by atoms with E-state index in [2.05, 4.69) is 70.9 Å². The van der Waals surface area contributed by atoms with Crippen LogP contribution in [0.5, 0.6) is 0 Å². The van der Waals surface area contributed by atoms with E-state index in [-0.39, 0.29) is 29.8 Å². The maximum atomic E-state index is 12.2. The normalized spacial score (nSPS) is 15.9. The molecule has 0 spiro atoms. The number of benzene rings is 1. The molecule has 36 heavy (non-hydrogen) atoms. The monoisotopic (exact) mass is 538 g/mol. The number of nitrogens with zero attached hydrogens (tertiary/aromatic N) is 2. The van der Waals surface area contributed by atoms with Crippen molar-refractivity contribution in [2.75, 3.05) is 6.54 Å². The Kier molecular flexibility index (Phi) is 14.5. The molecule has 0 saturated carbocycles. The number of halogens is 1. The second kappa shape index (κ2) is 15.3. The van der Waals surface area contributed by atoms with Crippen LogP contribution in [0.25, 0.3) is 10.4 Å². The van der Waals surface area contributed by atoms with Crippen LogP contribution in [0.3, 0.4) is 0 Å². The number of hydrogen-bond donors (Lipinski definition) is 2. The van der Waals surface area contributed by atoms with Gasteiger partial charge >= 0.3 is 0 Å². The number of carbonyl (C=O) groups is 2. The average Bonchev–Trinajstić information content (AvgIpc) is 3.39. The molecule has 0 radical (unpaired) electrons. The second-order valence-corrected chi connectivity index (χ2v) is 12.7. The third-order valence-corrected chi connectivity index (χ3v) is 6.50. The van der Waals surface area contributed by atoms with Crippen molar-refractivity contribution in [2.24, 2.45) is 16.6 Å². The van der Waals surface area contributed by atoms with E-state index in [1.54, 1.807) is 16.2 Å². The van der Waals surface area contributed by atoms with Crippen LogP contribution in [0.4, 0.5) is 0 Å². The van der Waals surface area contributed by atoms with Crippen molar-refractivity contribution >= 4 is 36.1 Å². The van der Waals surface area contributed by atoms with E-state index in [1.807, 2.05) is 31.5 Å². The lowest BCUT2D eigenvalue weighted by molar-refractivity contribution is -0.131. The van der Waals surface area contributed by atoms with Gasteiger partial charge in [0.05, 0.1) is 16.1 Å². The third-order valence-electron chi connectivity index (χ3n) is 5.53. The summed E-state index contributed by atoms with van der Waals surface area (Å²) in [7, 11) is 0. The Hall–Kier alpha value is -1.96. The molecule has 3 N–H and O–H groups in total. The van der Waals surface area contributed by atoms with E-state index in [4.69, 9.17) is 5.73 Å². The molecule has 1 aromatic carbocycles. The Balaban J connectivity index is 0.000000791. The van der Waals surface area contributed by atoms with Gasteiger partial charge in [0, 0.05) is 19.1 Å². The first kappa shape index (κ1) is 34.0. The highest BCUT2D eigenvalue weighted by molar-refractivity contribution is 7.13. The van der Waals surface area contributed by atoms with Gasteiger partial charge in [0.2, 0.25) is 12.3 Å². The first-order valence-corrected chi connectivity index (χ1v) is 13.2. The average molecular weight is 539 g/mol. The van der Waals surface area contributed by atoms with E-state index in [0.29, 0.717) is 24.5 Å². The van der Waals surface area contributed by atoms with Gasteiger partial charge in [0.25, 0.3) is 0 Å². The number of amides is 2. The predicted molar refractivity (Wildman–Crippen MR) is 155 cm³/mol. The Bertz CT molecular complexity index is 909. The maximum Gasteiger partial charge on any atom is 0.243 e. The van der Waals surface area contributed by atoms with Gasteiger partial charge in [-0.25, -0.2) is 4.98 Å². The summed E-state index contributed by atoms with van der Waals surface area (Å²) in [4.78, 5) is 30.1. The van der Waals surface area contributed by atoms with Gasteiger partial charge in [-0.3, -0.25) is 9.59 Å². The Morgan fingerprint density at radius 2 is 1.72 bits per heavy atom. The minimum absolute atomic E-state index is 0. The number of nitrogens with one attached hydrogen (secondary N) is 1. The molecule has 3 rings (SSSR count). The number of hydrogen-bond acceptors (Lipinski definition) is 5. The van der Waals surface area contributed by atoms with Crippen LogP contribution in [-0.4, -0.2) is 40.8 Å². The molecule has 0 bridgehead atoms. The van der Waals surface area contributed by atoms with Crippen LogP contribution in [0, 0.1) is 17.8 Å². The highest BCUT2D eigenvalue weighted by Crippen LogP contribution is 2.27. The van der Waals surface area contributed by atoms with E-state index >= 15 is 0 Å². The SMILES string of the molecule is CC(C)(C)C.CC(N)C(C)(C)C.Cc1ncsc1-c1ccc(CNC(=O)C2CCCN2C=O)cc1.Cl. The predicted octanol–water partition coefficient (Wildman–Crippen LogP) is 6.21. The molecule has 204 valence electrons. The van der Waals surface area contributed by atoms with Gasteiger partial charge in [0.1, 0.15) is 6.04 Å². The van der Waals surface area contributed by atoms with Crippen LogP contribution in [0.2, 0.25) is 0 Å². The van der Waals surface area contributed by atoms with Crippen LogP contribution >= 0.6 is 23.7 Å². The fourth-order valence-electron chi connectivity index (χ4n) is 2.86. The summed E-state index contributed by atoms with van der Waals surface area (Å²) in [5, 5.41) is 2.92. The fraction of sp³-hybridized carbons (Fsp3) is 0.607. The van der Waals surface area contributed by atoms with E-state index in [0.717, 1.165) is 36.1 Å². The molecule has 2 unspecified atom stereocenters. The summed E-state index contributed by atoms with van der Waals surface area (Å²) in [5.41, 5.74) is 11.4. The van der Waals surface area contributed by atoms with Crippen LogP contribution in [0.1, 0.15) is 79.5 Å². The number of thiazole rings is 1. The molecular formula is C28H47ClN4O2S. The van der Waals surface area contributed by atoms with Crippen molar-refractivity contribution in [2.45, 2.75) is 93.8 Å². The zero-order chi connectivity index (χ0) is 26.8. The van der Waals surface area contributed by atoms with Crippen molar-refractivity contribution in [3.8, 4) is 10.4 Å².